The van der Waals surface area contributed by atoms with Gasteiger partial charge in [0.2, 0.25) is 10.0 Å². The van der Waals surface area contributed by atoms with Crippen LogP contribution < -0.4 is 10.0 Å². The van der Waals surface area contributed by atoms with E-state index in [4.69, 9.17) is 0 Å². The highest BCUT2D eigenvalue weighted by molar-refractivity contribution is 7.92. The van der Waals surface area contributed by atoms with Gasteiger partial charge in [0.05, 0.1) is 12.8 Å². The molecular weight excluding hydrogens is 422 g/mol. The summed E-state index contributed by atoms with van der Waals surface area (Å²) in [5.74, 6) is -0.390. The standard InChI is InChI=1S/C17H23N3O5S3/c1-4-20(5-2)28(24,25)16-10-9-15(26-16)12-18-17(21)13-7-6-8-14(11-13)19-27(3,22)23/h6-11,19H,4-5,12H2,1-3H3,(H,18,21). The SMILES string of the molecule is CCN(CC)S(=O)(=O)c1ccc(CNC(=O)c2cccc(NS(C)(=O)=O)c2)s1. The third-order valence-electron chi connectivity index (χ3n) is 3.79. The molecular formula is C17H23N3O5S3. The molecule has 0 radical (unpaired) electrons. The molecule has 0 aliphatic heterocycles. The fraction of sp³-hybridized carbons (Fsp3) is 0.353. The molecule has 154 valence electrons. The fourth-order valence-electron chi connectivity index (χ4n) is 2.49. The van der Waals surface area contributed by atoms with Gasteiger partial charge in [-0.25, -0.2) is 16.8 Å². The topological polar surface area (TPSA) is 113 Å². The Labute approximate surface area is 169 Å². The maximum absolute atomic E-state index is 12.5. The Hall–Kier alpha value is -1.95. The van der Waals surface area contributed by atoms with E-state index in [1.165, 1.54) is 16.4 Å². The Morgan fingerprint density at radius 3 is 2.36 bits per heavy atom. The van der Waals surface area contributed by atoms with Gasteiger partial charge < -0.3 is 5.32 Å². The second-order valence-electron chi connectivity index (χ2n) is 5.95. The number of rotatable bonds is 9. The summed E-state index contributed by atoms with van der Waals surface area (Å²) in [6.45, 7) is 4.51. The van der Waals surface area contributed by atoms with Crippen LogP contribution in [-0.2, 0) is 26.6 Å². The number of hydrogen-bond donors (Lipinski definition) is 2. The number of carbonyl (C=O) groups is 1. The maximum Gasteiger partial charge on any atom is 0.252 e. The van der Waals surface area contributed by atoms with Crippen molar-refractivity contribution < 1.29 is 21.6 Å². The first kappa shape index (κ1) is 22.3. The van der Waals surface area contributed by atoms with Crippen LogP contribution >= 0.6 is 11.3 Å². The Kier molecular flexibility index (Phi) is 7.21. The normalized spacial score (nSPS) is 12.1. The van der Waals surface area contributed by atoms with Crippen LogP contribution in [0.4, 0.5) is 5.69 Å². The van der Waals surface area contributed by atoms with Crippen LogP contribution in [0.1, 0.15) is 29.1 Å². The molecule has 0 spiro atoms. The van der Waals surface area contributed by atoms with Crippen LogP contribution in [0.5, 0.6) is 0 Å². The van der Waals surface area contributed by atoms with Crippen molar-refractivity contribution in [3.63, 3.8) is 0 Å². The van der Waals surface area contributed by atoms with Gasteiger partial charge in [0.15, 0.2) is 0 Å². The largest absolute Gasteiger partial charge is 0.347 e. The third-order valence-corrected chi connectivity index (χ3v) is 8.00. The predicted octanol–water partition coefficient (Wildman–Crippen LogP) is 2.08. The summed E-state index contributed by atoms with van der Waals surface area (Å²) in [5.41, 5.74) is 0.583. The third kappa shape index (κ3) is 5.77. The molecule has 0 saturated carbocycles. The number of thiophene rings is 1. The molecule has 2 aromatic rings. The highest BCUT2D eigenvalue weighted by atomic mass is 32.2. The van der Waals surface area contributed by atoms with E-state index in [0.29, 0.717) is 29.2 Å². The van der Waals surface area contributed by atoms with E-state index in [1.54, 1.807) is 38.1 Å². The van der Waals surface area contributed by atoms with Gasteiger partial charge in [0.25, 0.3) is 15.9 Å². The second-order valence-corrected chi connectivity index (χ2v) is 11.0. The summed E-state index contributed by atoms with van der Waals surface area (Å²) in [6.07, 6.45) is 1.03. The van der Waals surface area contributed by atoms with Crippen LogP contribution in [0.15, 0.2) is 40.6 Å². The Balaban J connectivity index is 2.06. The van der Waals surface area contributed by atoms with E-state index < -0.39 is 26.0 Å². The summed E-state index contributed by atoms with van der Waals surface area (Å²) in [4.78, 5) is 13.0. The molecule has 11 heteroatoms. The number of amides is 1. The van der Waals surface area contributed by atoms with Crippen LogP contribution in [-0.4, -0.2) is 46.4 Å². The van der Waals surface area contributed by atoms with Crippen molar-refractivity contribution in [2.75, 3.05) is 24.1 Å². The molecule has 0 saturated heterocycles. The monoisotopic (exact) mass is 445 g/mol. The van der Waals surface area contributed by atoms with Crippen LogP contribution in [0.3, 0.4) is 0 Å². The fourth-order valence-corrected chi connectivity index (χ4v) is 5.95. The van der Waals surface area contributed by atoms with E-state index >= 15 is 0 Å². The molecule has 0 aliphatic carbocycles. The minimum Gasteiger partial charge on any atom is -0.347 e. The lowest BCUT2D eigenvalue weighted by Gasteiger charge is -2.16. The van der Waals surface area contributed by atoms with Crippen molar-refractivity contribution in [2.45, 2.75) is 24.6 Å². The molecule has 28 heavy (non-hydrogen) atoms. The van der Waals surface area contributed by atoms with E-state index in [2.05, 4.69) is 10.0 Å². The quantitative estimate of drug-likeness (QED) is 0.614. The summed E-state index contributed by atoms with van der Waals surface area (Å²) < 4.78 is 51.6. The summed E-state index contributed by atoms with van der Waals surface area (Å²) in [5, 5.41) is 2.71. The van der Waals surface area contributed by atoms with Crippen molar-refractivity contribution in [3.8, 4) is 0 Å². The minimum atomic E-state index is -3.52. The number of carbonyl (C=O) groups excluding carboxylic acids is 1. The minimum absolute atomic E-state index is 0.168. The molecule has 1 heterocycles. The summed E-state index contributed by atoms with van der Waals surface area (Å²) in [6, 6.07) is 9.32. The first-order valence-corrected chi connectivity index (χ1v) is 12.7. The zero-order chi connectivity index (χ0) is 20.9. The van der Waals surface area contributed by atoms with Gasteiger partial charge in [-0.05, 0) is 30.3 Å². The van der Waals surface area contributed by atoms with Gasteiger partial charge in [0, 0.05) is 29.2 Å². The highest BCUT2D eigenvalue weighted by Crippen LogP contribution is 2.25. The number of hydrogen-bond acceptors (Lipinski definition) is 6. The van der Waals surface area contributed by atoms with Gasteiger partial charge >= 0.3 is 0 Å². The Bertz CT molecular complexity index is 1040. The lowest BCUT2D eigenvalue weighted by Crippen LogP contribution is -2.30. The molecule has 0 unspecified atom stereocenters. The Morgan fingerprint density at radius 2 is 1.75 bits per heavy atom. The van der Waals surface area contributed by atoms with Gasteiger partial charge in [-0.1, -0.05) is 19.9 Å². The summed E-state index contributed by atoms with van der Waals surface area (Å²) >= 11 is 1.11. The predicted molar refractivity (Wildman–Crippen MR) is 111 cm³/mol. The molecule has 0 atom stereocenters. The van der Waals surface area contributed by atoms with Gasteiger partial charge in [-0.2, -0.15) is 4.31 Å². The number of anilines is 1. The van der Waals surface area contributed by atoms with Crippen molar-refractivity contribution in [2.24, 2.45) is 0 Å². The van der Waals surface area contributed by atoms with Gasteiger partial charge in [0.1, 0.15) is 4.21 Å². The summed E-state index contributed by atoms with van der Waals surface area (Å²) in [7, 11) is -6.96. The molecule has 0 aliphatic rings. The van der Waals surface area contributed by atoms with Crippen LogP contribution in [0.25, 0.3) is 0 Å². The lowest BCUT2D eigenvalue weighted by atomic mass is 10.2. The number of benzene rings is 1. The van der Waals surface area contributed by atoms with Gasteiger partial charge in [-0.3, -0.25) is 9.52 Å². The van der Waals surface area contributed by atoms with E-state index in [-0.39, 0.29) is 10.8 Å². The number of nitrogens with one attached hydrogen (secondary N) is 2. The molecule has 1 amide bonds. The molecule has 2 rings (SSSR count). The van der Waals surface area contributed by atoms with Crippen LogP contribution in [0, 0.1) is 0 Å². The molecule has 1 aromatic heterocycles. The smallest absolute Gasteiger partial charge is 0.252 e. The first-order valence-electron chi connectivity index (χ1n) is 8.51. The van der Waals surface area contributed by atoms with Crippen molar-refractivity contribution >= 4 is 43.0 Å². The number of nitrogens with zero attached hydrogens (tertiary/aromatic N) is 1. The average Bonchev–Trinajstić information content (AvgIpc) is 3.09. The van der Waals surface area contributed by atoms with E-state index in [1.807, 2.05) is 0 Å². The lowest BCUT2D eigenvalue weighted by molar-refractivity contribution is 0.0951. The number of sulfonamides is 2. The highest BCUT2D eigenvalue weighted by Gasteiger charge is 2.23. The van der Waals surface area contributed by atoms with Crippen molar-refractivity contribution in [1.82, 2.24) is 9.62 Å². The van der Waals surface area contributed by atoms with Gasteiger partial charge in [-0.15, -0.1) is 11.3 Å². The maximum atomic E-state index is 12.5. The average molecular weight is 446 g/mol. The molecule has 0 fully saturated rings. The van der Waals surface area contributed by atoms with E-state index in [0.717, 1.165) is 17.6 Å². The zero-order valence-corrected chi connectivity index (χ0v) is 18.2. The van der Waals surface area contributed by atoms with Crippen molar-refractivity contribution in [3.05, 3.63) is 46.8 Å². The molecule has 1 aromatic carbocycles. The van der Waals surface area contributed by atoms with E-state index in [9.17, 15) is 21.6 Å². The van der Waals surface area contributed by atoms with Crippen LogP contribution in [0.2, 0.25) is 0 Å². The Morgan fingerprint density at radius 1 is 1.07 bits per heavy atom. The first-order chi connectivity index (χ1) is 13.1. The molecule has 8 nitrogen and oxygen atoms in total. The molecule has 2 N–H and O–H groups in total. The second kappa shape index (κ2) is 9.03. The molecule has 0 bridgehead atoms. The zero-order valence-electron chi connectivity index (χ0n) is 15.8. The van der Waals surface area contributed by atoms with Crippen molar-refractivity contribution in [1.29, 1.82) is 0 Å².